The fraction of sp³-hybridized carbons (Fsp3) is 0.267. The highest BCUT2D eigenvalue weighted by Crippen LogP contribution is 2.27. The fourth-order valence-electron chi connectivity index (χ4n) is 1.81. The molecule has 1 aromatic heterocycles. The van der Waals surface area contributed by atoms with Gasteiger partial charge in [0.1, 0.15) is 17.3 Å². The topological polar surface area (TPSA) is 48.7 Å². The van der Waals surface area contributed by atoms with Gasteiger partial charge >= 0.3 is 0 Å². The largest absolute Gasteiger partial charge is 0.497 e. The van der Waals surface area contributed by atoms with Gasteiger partial charge in [-0.2, -0.15) is 0 Å². The third-order valence-electron chi connectivity index (χ3n) is 2.89. The Bertz CT molecular complexity index is 584. The van der Waals surface area contributed by atoms with E-state index >= 15 is 0 Å². The van der Waals surface area contributed by atoms with Crippen LogP contribution in [0.5, 0.6) is 11.5 Å². The lowest BCUT2D eigenvalue weighted by atomic mass is 10.1. The summed E-state index contributed by atoms with van der Waals surface area (Å²) in [6, 6.07) is 8.58. The van der Waals surface area contributed by atoms with Crippen LogP contribution in [0.4, 0.5) is 0 Å². The van der Waals surface area contributed by atoms with E-state index in [1.807, 2.05) is 6.92 Å². The summed E-state index contributed by atoms with van der Waals surface area (Å²) in [5, 5.41) is 0. The molecule has 0 unspecified atom stereocenters. The van der Waals surface area contributed by atoms with Gasteiger partial charge < -0.3 is 13.9 Å². The van der Waals surface area contributed by atoms with E-state index in [9.17, 15) is 4.79 Å². The molecule has 0 aliphatic carbocycles. The number of hydrogen-bond donors (Lipinski definition) is 0. The van der Waals surface area contributed by atoms with E-state index in [1.54, 1.807) is 37.4 Å². The second kappa shape index (κ2) is 5.61. The minimum absolute atomic E-state index is 0.213. The van der Waals surface area contributed by atoms with Crippen LogP contribution in [0.1, 0.15) is 28.8 Å². The SMILES string of the molecule is CCc1ccc(C(=O)c2cc(OC)ccc2OC)o1. The van der Waals surface area contributed by atoms with Crippen LogP contribution in [0.2, 0.25) is 0 Å². The first-order valence-corrected chi connectivity index (χ1v) is 6.05. The van der Waals surface area contributed by atoms with Crippen LogP contribution < -0.4 is 9.47 Å². The number of carbonyl (C=O) groups is 1. The minimum Gasteiger partial charge on any atom is -0.497 e. The van der Waals surface area contributed by atoms with Gasteiger partial charge in [0.15, 0.2) is 5.76 Å². The van der Waals surface area contributed by atoms with E-state index in [0.29, 0.717) is 22.8 Å². The van der Waals surface area contributed by atoms with Crippen LogP contribution >= 0.6 is 0 Å². The molecule has 0 aliphatic rings. The Balaban J connectivity index is 2.41. The number of carbonyl (C=O) groups excluding carboxylic acids is 1. The molecule has 0 saturated carbocycles. The molecule has 1 heterocycles. The summed E-state index contributed by atoms with van der Waals surface area (Å²) >= 11 is 0. The lowest BCUT2D eigenvalue weighted by Gasteiger charge is -2.08. The number of rotatable bonds is 5. The van der Waals surface area contributed by atoms with E-state index in [2.05, 4.69) is 0 Å². The Morgan fingerprint density at radius 3 is 2.53 bits per heavy atom. The summed E-state index contributed by atoms with van der Waals surface area (Å²) in [7, 11) is 3.08. The van der Waals surface area contributed by atoms with Crippen molar-refractivity contribution in [2.75, 3.05) is 14.2 Å². The van der Waals surface area contributed by atoms with Gasteiger partial charge in [0.25, 0.3) is 0 Å². The first kappa shape index (κ1) is 13.2. The minimum atomic E-state index is -0.213. The summed E-state index contributed by atoms with van der Waals surface area (Å²) in [5.74, 6) is 1.98. The van der Waals surface area contributed by atoms with Crippen molar-refractivity contribution in [3.8, 4) is 11.5 Å². The maximum Gasteiger partial charge on any atom is 0.232 e. The van der Waals surface area contributed by atoms with Crippen LogP contribution in [-0.4, -0.2) is 20.0 Å². The van der Waals surface area contributed by atoms with Gasteiger partial charge in [-0.05, 0) is 30.3 Å². The van der Waals surface area contributed by atoms with Crippen molar-refractivity contribution in [2.24, 2.45) is 0 Å². The number of hydrogen-bond acceptors (Lipinski definition) is 4. The highest BCUT2D eigenvalue weighted by Gasteiger charge is 2.18. The zero-order valence-electron chi connectivity index (χ0n) is 11.2. The van der Waals surface area contributed by atoms with Crippen molar-refractivity contribution in [3.05, 3.63) is 47.4 Å². The van der Waals surface area contributed by atoms with Gasteiger partial charge in [-0.3, -0.25) is 4.79 Å². The summed E-state index contributed by atoms with van der Waals surface area (Å²) in [6.07, 6.45) is 0.753. The Kier molecular flexibility index (Phi) is 3.90. The average Bonchev–Trinajstić information content (AvgIpc) is 2.94. The highest BCUT2D eigenvalue weighted by atomic mass is 16.5. The first-order valence-electron chi connectivity index (χ1n) is 6.05. The van der Waals surface area contributed by atoms with Gasteiger partial charge in [0.05, 0.1) is 19.8 Å². The van der Waals surface area contributed by atoms with Crippen molar-refractivity contribution in [1.82, 2.24) is 0 Å². The molecule has 2 rings (SSSR count). The van der Waals surface area contributed by atoms with E-state index in [-0.39, 0.29) is 5.78 Å². The predicted octanol–water partition coefficient (Wildman–Crippen LogP) is 3.09. The van der Waals surface area contributed by atoms with Crippen molar-refractivity contribution in [3.63, 3.8) is 0 Å². The lowest BCUT2D eigenvalue weighted by Crippen LogP contribution is -2.03. The van der Waals surface area contributed by atoms with Crippen molar-refractivity contribution >= 4 is 5.78 Å². The Labute approximate surface area is 111 Å². The van der Waals surface area contributed by atoms with E-state index in [4.69, 9.17) is 13.9 Å². The summed E-state index contributed by atoms with van der Waals surface area (Å²) in [6.45, 7) is 1.97. The van der Waals surface area contributed by atoms with Gasteiger partial charge in [-0.25, -0.2) is 0 Å². The van der Waals surface area contributed by atoms with Crippen LogP contribution in [0.15, 0.2) is 34.7 Å². The maximum atomic E-state index is 12.4. The second-order valence-electron chi connectivity index (χ2n) is 4.01. The van der Waals surface area contributed by atoms with Crippen molar-refractivity contribution in [2.45, 2.75) is 13.3 Å². The highest BCUT2D eigenvalue weighted by molar-refractivity contribution is 6.09. The Hall–Kier alpha value is -2.23. The van der Waals surface area contributed by atoms with Crippen LogP contribution in [0, 0.1) is 0 Å². The molecule has 0 bridgehead atoms. The molecule has 19 heavy (non-hydrogen) atoms. The van der Waals surface area contributed by atoms with E-state index < -0.39 is 0 Å². The molecule has 0 N–H and O–H groups in total. The van der Waals surface area contributed by atoms with Gasteiger partial charge in [0.2, 0.25) is 5.78 Å². The molecule has 0 atom stereocenters. The third kappa shape index (κ3) is 2.62. The molecule has 0 radical (unpaired) electrons. The molecule has 0 saturated heterocycles. The first-order chi connectivity index (χ1) is 9.19. The van der Waals surface area contributed by atoms with Gasteiger partial charge in [-0.1, -0.05) is 6.92 Å². The predicted molar refractivity (Wildman–Crippen MR) is 71.1 cm³/mol. The lowest BCUT2D eigenvalue weighted by molar-refractivity contribution is 0.100. The Morgan fingerprint density at radius 2 is 1.95 bits per heavy atom. The molecule has 100 valence electrons. The summed E-state index contributed by atoms with van der Waals surface area (Å²) < 4.78 is 15.8. The number of benzene rings is 1. The molecule has 0 aliphatic heterocycles. The van der Waals surface area contributed by atoms with Crippen LogP contribution in [0.3, 0.4) is 0 Å². The molecule has 4 nitrogen and oxygen atoms in total. The number of ether oxygens (including phenoxy) is 2. The number of furan rings is 1. The number of aryl methyl sites for hydroxylation is 1. The van der Waals surface area contributed by atoms with Gasteiger partial charge in [0, 0.05) is 6.42 Å². The maximum absolute atomic E-state index is 12.4. The number of ketones is 1. The summed E-state index contributed by atoms with van der Waals surface area (Å²) in [4.78, 5) is 12.4. The molecule has 2 aromatic rings. The van der Waals surface area contributed by atoms with Crippen LogP contribution in [0.25, 0.3) is 0 Å². The monoisotopic (exact) mass is 260 g/mol. The molecule has 0 amide bonds. The van der Waals surface area contributed by atoms with Gasteiger partial charge in [-0.15, -0.1) is 0 Å². The standard InChI is InChI=1S/C15H16O4/c1-4-10-5-8-14(19-10)15(16)12-9-11(17-2)6-7-13(12)18-3/h5-9H,4H2,1-3H3. The van der Waals surface area contributed by atoms with E-state index in [0.717, 1.165) is 12.2 Å². The molecular formula is C15H16O4. The summed E-state index contributed by atoms with van der Waals surface area (Å²) in [5.41, 5.74) is 0.429. The Morgan fingerprint density at radius 1 is 1.16 bits per heavy atom. The smallest absolute Gasteiger partial charge is 0.232 e. The molecule has 0 fully saturated rings. The molecule has 4 heteroatoms. The average molecular weight is 260 g/mol. The molecular weight excluding hydrogens is 244 g/mol. The van der Waals surface area contributed by atoms with E-state index in [1.165, 1.54) is 7.11 Å². The normalized spacial score (nSPS) is 10.3. The second-order valence-corrected chi connectivity index (χ2v) is 4.01. The van der Waals surface area contributed by atoms with Crippen LogP contribution in [-0.2, 0) is 6.42 Å². The number of methoxy groups -OCH3 is 2. The third-order valence-corrected chi connectivity index (χ3v) is 2.89. The molecule has 1 aromatic carbocycles. The van der Waals surface area contributed by atoms with Crippen molar-refractivity contribution in [1.29, 1.82) is 0 Å². The quantitative estimate of drug-likeness (QED) is 0.775. The zero-order chi connectivity index (χ0) is 13.8. The fourth-order valence-corrected chi connectivity index (χ4v) is 1.81. The van der Waals surface area contributed by atoms with Crippen molar-refractivity contribution < 1.29 is 18.7 Å². The molecule has 0 spiro atoms. The zero-order valence-corrected chi connectivity index (χ0v) is 11.2.